The number of para-hydroxylation sites is 1. The first kappa shape index (κ1) is 19.2. The molecule has 2 aliphatic rings. The molecule has 2 aliphatic heterocycles. The van der Waals surface area contributed by atoms with Gasteiger partial charge in [-0.05, 0) is 37.5 Å². The smallest absolute Gasteiger partial charge is 0.291 e. The molecule has 158 valence electrons. The molecule has 5 rings (SSSR count). The molecule has 0 atom stereocenters. The predicted octanol–water partition coefficient (Wildman–Crippen LogP) is 1.82. The van der Waals surface area contributed by atoms with E-state index in [0.29, 0.717) is 25.5 Å². The number of hydrogen-bond donors (Lipinski definition) is 3. The second kappa shape index (κ2) is 7.19. The molecule has 3 N–H and O–H groups in total. The second-order valence-electron chi connectivity index (χ2n) is 8.13. The van der Waals surface area contributed by atoms with Gasteiger partial charge in [-0.15, -0.1) is 0 Å². The number of aromatic nitrogens is 4. The summed E-state index contributed by atoms with van der Waals surface area (Å²) >= 11 is 0. The molecular weight excluding hydrogens is 394 g/mol. The molecule has 1 saturated heterocycles. The van der Waals surface area contributed by atoms with Crippen molar-refractivity contribution in [3.8, 4) is 0 Å². The summed E-state index contributed by atoms with van der Waals surface area (Å²) in [5.74, 6) is 0.484. The van der Waals surface area contributed by atoms with Gasteiger partial charge in [0.1, 0.15) is 11.2 Å². The number of hydrogen-bond acceptors (Lipinski definition) is 6. The molecule has 1 aromatic carbocycles. The van der Waals surface area contributed by atoms with Gasteiger partial charge in [0.05, 0.1) is 6.20 Å². The van der Waals surface area contributed by atoms with Gasteiger partial charge in [-0.25, -0.2) is 9.97 Å². The largest absolute Gasteiger partial charge is 0.369 e. The fraction of sp³-hybridized carbons (Fsp3) is 0.318. The summed E-state index contributed by atoms with van der Waals surface area (Å²) in [5.41, 5.74) is 3.86. The molecule has 2 amide bonds. The summed E-state index contributed by atoms with van der Waals surface area (Å²) in [5, 5.41) is 13.0. The first-order valence-corrected chi connectivity index (χ1v) is 10.2. The van der Waals surface area contributed by atoms with Crippen LogP contribution in [0, 0.1) is 13.8 Å². The minimum Gasteiger partial charge on any atom is -0.369 e. The molecule has 9 heteroatoms. The summed E-state index contributed by atoms with van der Waals surface area (Å²) in [4.78, 5) is 36.3. The fourth-order valence-corrected chi connectivity index (χ4v) is 4.21. The number of anilines is 2. The molecule has 1 spiro atoms. The maximum Gasteiger partial charge on any atom is 0.291 e. The number of nitrogens with zero attached hydrogens (tertiary/aromatic N) is 4. The van der Waals surface area contributed by atoms with Crippen molar-refractivity contribution in [1.82, 2.24) is 25.1 Å². The molecule has 3 aromatic rings. The lowest BCUT2D eigenvalue weighted by molar-refractivity contribution is -0.125. The fourth-order valence-electron chi connectivity index (χ4n) is 4.21. The Bertz CT molecular complexity index is 1170. The van der Waals surface area contributed by atoms with Gasteiger partial charge in [0.2, 0.25) is 11.7 Å². The predicted molar refractivity (Wildman–Crippen MR) is 115 cm³/mol. The zero-order valence-electron chi connectivity index (χ0n) is 17.4. The minimum atomic E-state index is -0.669. The Kier molecular flexibility index (Phi) is 4.46. The van der Waals surface area contributed by atoms with Crippen LogP contribution >= 0.6 is 0 Å². The van der Waals surface area contributed by atoms with Crippen LogP contribution in [0.4, 0.5) is 11.5 Å². The Morgan fingerprint density at radius 2 is 2.03 bits per heavy atom. The molecule has 0 aliphatic carbocycles. The number of amides is 2. The first-order valence-electron chi connectivity index (χ1n) is 10.2. The molecule has 9 nitrogen and oxygen atoms in total. The van der Waals surface area contributed by atoms with Crippen molar-refractivity contribution in [3.63, 3.8) is 0 Å². The molecule has 0 bridgehead atoms. The van der Waals surface area contributed by atoms with Gasteiger partial charge in [-0.3, -0.25) is 14.7 Å². The Labute approximate surface area is 179 Å². The highest BCUT2D eigenvalue weighted by Gasteiger charge is 2.56. The van der Waals surface area contributed by atoms with E-state index in [1.807, 2.05) is 44.3 Å². The number of H-pyrrole nitrogens is 1. The molecular formula is C22H23N7O2. The maximum atomic E-state index is 13.1. The number of fused-ring (bicyclic) bond motifs is 2. The van der Waals surface area contributed by atoms with Crippen molar-refractivity contribution in [2.75, 3.05) is 30.3 Å². The van der Waals surface area contributed by atoms with Crippen LogP contribution in [0.1, 0.15) is 33.0 Å². The monoisotopic (exact) mass is 417 g/mol. The summed E-state index contributed by atoms with van der Waals surface area (Å²) in [6.07, 6.45) is 4.42. The van der Waals surface area contributed by atoms with Crippen LogP contribution in [0.15, 0.2) is 36.7 Å². The van der Waals surface area contributed by atoms with Crippen LogP contribution in [0.25, 0.3) is 0 Å². The molecule has 31 heavy (non-hydrogen) atoms. The van der Waals surface area contributed by atoms with Crippen molar-refractivity contribution in [3.05, 3.63) is 64.9 Å². The van der Waals surface area contributed by atoms with Crippen LogP contribution in [0.5, 0.6) is 0 Å². The third-order valence-electron chi connectivity index (χ3n) is 6.18. The zero-order chi connectivity index (χ0) is 21.6. The molecule has 0 radical (unpaired) electrons. The third kappa shape index (κ3) is 3.13. The van der Waals surface area contributed by atoms with E-state index in [-0.39, 0.29) is 17.6 Å². The van der Waals surface area contributed by atoms with Gasteiger partial charge in [-0.1, -0.05) is 18.2 Å². The first-order chi connectivity index (χ1) is 15.0. The Hall–Kier alpha value is -3.75. The van der Waals surface area contributed by atoms with Gasteiger partial charge in [0.25, 0.3) is 5.91 Å². The van der Waals surface area contributed by atoms with E-state index in [1.165, 1.54) is 0 Å². The zero-order valence-corrected chi connectivity index (χ0v) is 17.4. The van der Waals surface area contributed by atoms with Crippen LogP contribution in [-0.4, -0.2) is 56.5 Å². The summed E-state index contributed by atoms with van der Waals surface area (Å²) in [7, 11) is 0. The van der Waals surface area contributed by atoms with Gasteiger partial charge >= 0.3 is 0 Å². The number of benzene rings is 1. The van der Waals surface area contributed by atoms with Crippen molar-refractivity contribution in [1.29, 1.82) is 0 Å². The van der Waals surface area contributed by atoms with Gasteiger partial charge in [0, 0.05) is 42.8 Å². The Balaban J connectivity index is 1.31. The third-order valence-corrected chi connectivity index (χ3v) is 6.18. The second-order valence-corrected chi connectivity index (χ2v) is 8.13. The lowest BCUT2D eigenvalue weighted by Crippen LogP contribution is -2.64. The highest BCUT2D eigenvalue weighted by Crippen LogP contribution is 2.44. The van der Waals surface area contributed by atoms with Gasteiger partial charge in [-0.2, -0.15) is 5.10 Å². The lowest BCUT2D eigenvalue weighted by atomic mass is 9.74. The molecule has 4 heterocycles. The number of aromatic amines is 1. The normalized spacial score (nSPS) is 16.1. The number of nitrogens with one attached hydrogen (secondary N) is 3. The van der Waals surface area contributed by atoms with E-state index >= 15 is 0 Å². The van der Waals surface area contributed by atoms with Crippen molar-refractivity contribution < 1.29 is 9.59 Å². The summed E-state index contributed by atoms with van der Waals surface area (Å²) in [6.45, 7) is 5.12. The minimum absolute atomic E-state index is 0.0552. The number of carbonyl (C=O) groups is 2. The van der Waals surface area contributed by atoms with E-state index in [1.54, 1.807) is 11.1 Å². The van der Waals surface area contributed by atoms with E-state index < -0.39 is 5.41 Å². The van der Waals surface area contributed by atoms with Gasteiger partial charge < -0.3 is 15.5 Å². The molecule has 0 saturated carbocycles. The van der Waals surface area contributed by atoms with Crippen LogP contribution < -0.4 is 10.6 Å². The summed E-state index contributed by atoms with van der Waals surface area (Å²) in [6, 6.07) is 7.65. The SMILES string of the molecule is Cc1nc(C(=O)N2CC3(C2)C(=O)Nc2ccccc23)nc(NCCc2cn[nH]c2)c1C. The number of likely N-dealkylation sites (tertiary alicyclic amines) is 1. The topological polar surface area (TPSA) is 116 Å². The highest BCUT2D eigenvalue weighted by atomic mass is 16.2. The van der Waals surface area contributed by atoms with Crippen molar-refractivity contribution >= 4 is 23.3 Å². The maximum absolute atomic E-state index is 13.1. The molecule has 2 aromatic heterocycles. The van der Waals surface area contributed by atoms with E-state index in [4.69, 9.17) is 0 Å². The van der Waals surface area contributed by atoms with Crippen LogP contribution in [-0.2, 0) is 16.6 Å². The standard InChI is InChI=1S/C22H23N7O2/c1-13-14(2)26-19(28-18(13)23-8-7-15-9-24-25-10-15)20(30)29-11-22(12-29)16-5-3-4-6-17(16)27-21(22)31/h3-6,9-10H,7-8,11-12H2,1-2H3,(H,24,25)(H,27,31)(H,23,26,28). The van der Waals surface area contributed by atoms with Crippen LogP contribution in [0.3, 0.4) is 0 Å². The van der Waals surface area contributed by atoms with E-state index in [2.05, 4.69) is 30.8 Å². The van der Waals surface area contributed by atoms with Crippen LogP contribution in [0.2, 0.25) is 0 Å². The average molecular weight is 417 g/mol. The van der Waals surface area contributed by atoms with E-state index in [9.17, 15) is 9.59 Å². The quantitative estimate of drug-likeness (QED) is 0.583. The molecule has 0 unspecified atom stereocenters. The lowest BCUT2D eigenvalue weighted by Gasteiger charge is -2.46. The summed E-state index contributed by atoms with van der Waals surface area (Å²) < 4.78 is 0. The Morgan fingerprint density at radius 3 is 2.81 bits per heavy atom. The number of carbonyl (C=O) groups excluding carboxylic acids is 2. The van der Waals surface area contributed by atoms with Gasteiger partial charge in [0.15, 0.2) is 0 Å². The highest BCUT2D eigenvalue weighted by molar-refractivity contribution is 6.09. The van der Waals surface area contributed by atoms with E-state index in [0.717, 1.165) is 34.5 Å². The van der Waals surface area contributed by atoms with Crippen molar-refractivity contribution in [2.45, 2.75) is 25.7 Å². The molecule has 1 fully saturated rings. The van der Waals surface area contributed by atoms with Crippen molar-refractivity contribution in [2.24, 2.45) is 0 Å². The number of rotatable bonds is 5. The Morgan fingerprint density at radius 1 is 1.23 bits per heavy atom. The average Bonchev–Trinajstić information content (AvgIpc) is 3.34. The number of aryl methyl sites for hydroxylation is 1.